The minimum Gasteiger partial charge on any atom is -0.370 e. The van der Waals surface area contributed by atoms with Crippen molar-refractivity contribution in [3.63, 3.8) is 0 Å². The molecule has 0 saturated carbocycles. The molecule has 13 heavy (non-hydrogen) atoms. The standard InChI is InChI=1S/C11H13BrO/c1-11(8-13-11)6-5-9-3-2-4-10(12)7-9/h2-4,7H,5-6,8H2,1H3. The van der Waals surface area contributed by atoms with Crippen LogP contribution in [0.25, 0.3) is 0 Å². The van der Waals surface area contributed by atoms with Crippen molar-refractivity contribution in [2.75, 3.05) is 6.61 Å². The predicted octanol–water partition coefficient (Wildman–Crippen LogP) is 3.17. The zero-order valence-electron chi connectivity index (χ0n) is 7.72. The van der Waals surface area contributed by atoms with E-state index in [-0.39, 0.29) is 5.60 Å². The quantitative estimate of drug-likeness (QED) is 0.740. The van der Waals surface area contributed by atoms with Crippen LogP contribution in [0.5, 0.6) is 0 Å². The molecule has 0 amide bonds. The van der Waals surface area contributed by atoms with Gasteiger partial charge in [-0.3, -0.25) is 0 Å². The van der Waals surface area contributed by atoms with Crippen LogP contribution in [0.15, 0.2) is 28.7 Å². The molecule has 70 valence electrons. The molecule has 0 aromatic heterocycles. The van der Waals surface area contributed by atoms with E-state index in [4.69, 9.17) is 4.74 Å². The summed E-state index contributed by atoms with van der Waals surface area (Å²) in [6.07, 6.45) is 2.24. The van der Waals surface area contributed by atoms with Crippen LogP contribution in [0.1, 0.15) is 18.9 Å². The molecule has 1 saturated heterocycles. The van der Waals surface area contributed by atoms with Gasteiger partial charge in [-0.1, -0.05) is 28.1 Å². The van der Waals surface area contributed by atoms with Crippen molar-refractivity contribution in [3.8, 4) is 0 Å². The molecule has 1 unspecified atom stereocenters. The first kappa shape index (κ1) is 9.22. The van der Waals surface area contributed by atoms with Crippen molar-refractivity contribution in [2.45, 2.75) is 25.4 Å². The lowest BCUT2D eigenvalue weighted by Gasteiger charge is -2.04. The van der Waals surface area contributed by atoms with E-state index in [2.05, 4.69) is 47.1 Å². The number of aryl methyl sites for hydroxylation is 1. The van der Waals surface area contributed by atoms with Crippen molar-refractivity contribution >= 4 is 15.9 Å². The maximum atomic E-state index is 5.34. The molecule has 1 nitrogen and oxygen atoms in total. The van der Waals surface area contributed by atoms with Gasteiger partial charge in [0.15, 0.2) is 0 Å². The Kier molecular flexibility index (Phi) is 2.43. The highest BCUT2D eigenvalue weighted by atomic mass is 79.9. The Morgan fingerprint density at radius 3 is 2.92 bits per heavy atom. The van der Waals surface area contributed by atoms with Crippen molar-refractivity contribution in [3.05, 3.63) is 34.3 Å². The second-order valence-corrected chi connectivity index (χ2v) is 4.78. The summed E-state index contributed by atoms with van der Waals surface area (Å²) in [5, 5.41) is 0. The van der Waals surface area contributed by atoms with Gasteiger partial charge in [0.2, 0.25) is 0 Å². The van der Waals surface area contributed by atoms with Gasteiger partial charge in [-0.2, -0.15) is 0 Å². The SMILES string of the molecule is CC1(CCc2cccc(Br)c2)CO1. The maximum absolute atomic E-state index is 5.34. The fourth-order valence-electron chi connectivity index (χ4n) is 1.37. The summed E-state index contributed by atoms with van der Waals surface area (Å²) in [7, 11) is 0. The van der Waals surface area contributed by atoms with Crippen molar-refractivity contribution < 1.29 is 4.74 Å². The monoisotopic (exact) mass is 240 g/mol. The first-order chi connectivity index (χ1) is 6.18. The molecule has 1 heterocycles. The van der Waals surface area contributed by atoms with Gasteiger partial charge >= 0.3 is 0 Å². The highest BCUT2D eigenvalue weighted by Crippen LogP contribution is 2.31. The third kappa shape index (κ3) is 2.55. The summed E-state index contributed by atoms with van der Waals surface area (Å²) in [6.45, 7) is 3.10. The molecule has 1 aromatic carbocycles. The average molecular weight is 241 g/mol. The van der Waals surface area contributed by atoms with E-state index in [0.29, 0.717) is 0 Å². The number of hydrogen-bond acceptors (Lipinski definition) is 1. The van der Waals surface area contributed by atoms with Crippen molar-refractivity contribution in [2.24, 2.45) is 0 Å². The summed E-state index contributed by atoms with van der Waals surface area (Å²) in [5.74, 6) is 0. The summed E-state index contributed by atoms with van der Waals surface area (Å²) >= 11 is 3.47. The zero-order chi connectivity index (χ0) is 9.31. The second-order valence-electron chi connectivity index (χ2n) is 3.87. The van der Waals surface area contributed by atoms with Crippen LogP contribution in [0.3, 0.4) is 0 Å². The third-order valence-corrected chi connectivity index (χ3v) is 2.96. The minimum absolute atomic E-state index is 0.183. The van der Waals surface area contributed by atoms with E-state index in [0.717, 1.165) is 23.9 Å². The van der Waals surface area contributed by atoms with Crippen molar-refractivity contribution in [1.82, 2.24) is 0 Å². The number of halogens is 1. The Hall–Kier alpha value is -0.340. The smallest absolute Gasteiger partial charge is 0.0891 e. The number of hydrogen-bond donors (Lipinski definition) is 0. The summed E-state index contributed by atoms with van der Waals surface area (Å²) < 4.78 is 6.50. The molecular formula is C11H13BrO. The molecular weight excluding hydrogens is 228 g/mol. The normalized spacial score (nSPS) is 26.0. The molecule has 0 spiro atoms. The van der Waals surface area contributed by atoms with Crippen LogP contribution < -0.4 is 0 Å². The number of rotatable bonds is 3. The topological polar surface area (TPSA) is 12.5 Å². The van der Waals surface area contributed by atoms with E-state index in [1.54, 1.807) is 0 Å². The Morgan fingerprint density at radius 2 is 2.31 bits per heavy atom. The molecule has 1 aromatic rings. The molecule has 1 aliphatic heterocycles. The Balaban J connectivity index is 1.94. The highest BCUT2D eigenvalue weighted by Gasteiger charge is 2.38. The molecule has 0 radical (unpaired) electrons. The van der Waals surface area contributed by atoms with Crippen LogP contribution in [0, 0.1) is 0 Å². The molecule has 1 atom stereocenters. The van der Waals surface area contributed by atoms with Gasteiger partial charge in [0, 0.05) is 4.47 Å². The van der Waals surface area contributed by atoms with E-state index >= 15 is 0 Å². The number of ether oxygens (including phenoxy) is 1. The maximum Gasteiger partial charge on any atom is 0.0891 e. The molecule has 0 bridgehead atoms. The molecule has 1 fully saturated rings. The predicted molar refractivity (Wildman–Crippen MR) is 56.8 cm³/mol. The Morgan fingerprint density at radius 1 is 1.54 bits per heavy atom. The fraction of sp³-hybridized carbons (Fsp3) is 0.455. The summed E-state index contributed by atoms with van der Waals surface area (Å²) in [4.78, 5) is 0. The van der Waals surface area contributed by atoms with Gasteiger partial charge in [-0.25, -0.2) is 0 Å². The van der Waals surface area contributed by atoms with Gasteiger partial charge in [-0.05, 0) is 37.5 Å². The minimum atomic E-state index is 0.183. The first-order valence-electron chi connectivity index (χ1n) is 4.56. The molecule has 0 aliphatic carbocycles. The second kappa shape index (κ2) is 3.43. The lowest BCUT2D eigenvalue weighted by Crippen LogP contribution is -2.05. The average Bonchev–Trinajstić information content (AvgIpc) is 2.82. The molecule has 1 aliphatic rings. The van der Waals surface area contributed by atoms with Gasteiger partial charge in [-0.15, -0.1) is 0 Å². The van der Waals surface area contributed by atoms with Crippen LogP contribution in [-0.2, 0) is 11.2 Å². The van der Waals surface area contributed by atoms with Gasteiger partial charge < -0.3 is 4.74 Å². The van der Waals surface area contributed by atoms with Gasteiger partial charge in [0.05, 0.1) is 12.2 Å². The molecule has 2 rings (SSSR count). The van der Waals surface area contributed by atoms with E-state index < -0.39 is 0 Å². The van der Waals surface area contributed by atoms with Gasteiger partial charge in [0.1, 0.15) is 0 Å². The van der Waals surface area contributed by atoms with E-state index in [1.165, 1.54) is 5.56 Å². The fourth-order valence-corrected chi connectivity index (χ4v) is 1.82. The van der Waals surface area contributed by atoms with Crippen LogP contribution in [0.4, 0.5) is 0 Å². The largest absolute Gasteiger partial charge is 0.370 e. The number of epoxide rings is 1. The third-order valence-electron chi connectivity index (χ3n) is 2.47. The Labute approximate surface area is 87.2 Å². The van der Waals surface area contributed by atoms with E-state index in [1.807, 2.05) is 0 Å². The van der Waals surface area contributed by atoms with Crippen LogP contribution >= 0.6 is 15.9 Å². The molecule has 0 N–H and O–H groups in total. The first-order valence-corrected chi connectivity index (χ1v) is 5.36. The summed E-state index contributed by atoms with van der Waals surface area (Å²) in [6, 6.07) is 8.47. The molecule has 2 heteroatoms. The lowest BCUT2D eigenvalue weighted by atomic mass is 10.0. The Bertz CT molecular complexity index is 305. The van der Waals surface area contributed by atoms with Gasteiger partial charge in [0.25, 0.3) is 0 Å². The summed E-state index contributed by atoms with van der Waals surface area (Å²) in [5.41, 5.74) is 1.56. The van der Waals surface area contributed by atoms with E-state index in [9.17, 15) is 0 Å². The van der Waals surface area contributed by atoms with Crippen LogP contribution in [-0.4, -0.2) is 12.2 Å². The zero-order valence-corrected chi connectivity index (χ0v) is 9.30. The lowest BCUT2D eigenvalue weighted by molar-refractivity contribution is 0.309. The number of benzene rings is 1. The highest BCUT2D eigenvalue weighted by molar-refractivity contribution is 9.10. The van der Waals surface area contributed by atoms with Crippen LogP contribution in [0.2, 0.25) is 0 Å². The van der Waals surface area contributed by atoms with Crippen molar-refractivity contribution in [1.29, 1.82) is 0 Å².